The summed E-state index contributed by atoms with van der Waals surface area (Å²) in [6.45, 7) is 0.546. The summed E-state index contributed by atoms with van der Waals surface area (Å²) in [5, 5.41) is 32.4. The Kier molecular flexibility index (Phi) is 5.42. The van der Waals surface area contributed by atoms with Gasteiger partial charge in [-0.3, -0.25) is 4.57 Å². The van der Waals surface area contributed by atoms with E-state index in [0.29, 0.717) is 30.2 Å². The molecule has 10 nitrogen and oxygen atoms in total. The molecule has 2 aromatic heterocycles. The summed E-state index contributed by atoms with van der Waals surface area (Å²) in [4.78, 5) is 11.5. The molecule has 1 aliphatic rings. The highest BCUT2D eigenvalue weighted by Crippen LogP contribution is 2.31. The molecule has 11 heteroatoms. The van der Waals surface area contributed by atoms with Crippen LogP contribution in [0.4, 0.5) is 5.95 Å². The Morgan fingerprint density at radius 1 is 1.40 bits per heavy atom. The number of ether oxygens (including phenoxy) is 1. The first-order valence-electron chi connectivity index (χ1n) is 7.75. The van der Waals surface area contributed by atoms with Crippen molar-refractivity contribution in [1.82, 2.24) is 19.5 Å². The molecular weight excluding hydrogens is 348 g/mol. The topological polar surface area (TPSA) is 154 Å². The number of hydrogen-bond donors (Lipinski definition) is 6. The van der Waals surface area contributed by atoms with Crippen molar-refractivity contribution in [2.45, 2.75) is 24.5 Å². The molecule has 2 aromatic rings. The third kappa shape index (κ3) is 3.42. The average Bonchev–Trinajstić information content (AvgIpc) is 3.14. The summed E-state index contributed by atoms with van der Waals surface area (Å²) in [7, 11) is 0. The van der Waals surface area contributed by atoms with Crippen molar-refractivity contribution in [3.05, 3.63) is 23.1 Å². The van der Waals surface area contributed by atoms with Crippen molar-refractivity contribution >= 4 is 29.3 Å². The van der Waals surface area contributed by atoms with E-state index in [0.717, 1.165) is 0 Å². The lowest BCUT2D eigenvalue weighted by atomic mass is 10.1. The molecule has 0 bridgehead atoms. The van der Waals surface area contributed by atoms with Gasteiger partial charge < -0.3 is 36.1 Å². The van der Waals surface area contributed by atoms with E-state index >= 15 is 0 Å². The van der Waals surface area contributed by atoms with Gasteiger partial charge in [0.25, 0.3) is 0 Å². The summed E-state index contributed by atoms with van der Waals surface area (Å²) in [5.74, 6) is 0.424. The summed E-state index contributed by atoms with van der Waals surface area (Å²) >= 11 is 5.25. The van der Waals surface area contributed by atoms with Gasteiger partial charge in [-0.15, -0.1) is 0 Å². The first kappa shape index (κ1) is 17.9. The predicted octanol–water partition coefficient (Wildman–Crippen LogP) is -0.973. The van der Waals surface area contributed by atoms with Crippen molar-refractivity contribution in [2.24, 2.45) is 5.73 Å². The van der Waals surface area contributed by atoms with E-state index in [2.05, 4.69) is 20.3 Å². The van der Waals surface area contributed by atoms with Crippen molar-refractivity contribution < 1.29 is 20.1 Å². The Balaban J connectivity index is 1.93. The van der Waals surface area contributed by atoms with Crippen LogP contribution in [0.5, 0.6) is 0 Å². The highest BCUT2D eigenvalue weighted by Gasteiger charge is 2.43. The van der Waals surface area contributed by atoms with Gasteiger partial charge in [0.05, 0.1) is 12.9 Å². The number of H-pyrrole nitrogens is 1. The fraction of sp³-hybridized carbons (Fsp3) is 0.500. The Bertz CT molecular complexity index is 821. The Morgan fingerprint density at radius 2 is 2.20 bits per heavy atom. The first-order valence-corrected chi connectivity index (χ1v) is 8.16. The second kappa shape index (κ2) is 7.56. The van der Waals surface area contributed by atoms with Crippen LogP contribution in [0.2, 0.25) is 0 Å². The van der Waals surface area contributed by atoms with Crippen LogP contribution in [0.3, 0.4) is 0 Å². The molecule has 136 valence electrons. The maximum absolute atomic E-state index is 10.2. The van der Waals surface area contributed by atoms with Gasteiger partial charge in [-0.1, -0.05) is 24.4 Å². The monoisotopic (exact) mass is 368 g/mol. The van der Waals surface area contributed by atoms with Gasteiger partial charge in [-0.2, -0.15) is 0 Å². The predicted molar refractivity (Wildman–Crippen MR) is 92.4 cm³/mol. The van der Waals surface area contributed by atoms with Gasteiger partial charge >= 0.3 is 0 Å². The molecule has 0 radical (unpaired) electrons. The molecule has 25 heavy (non-hydrogen) atoms. The Morgan fingerprint density at radius 3 is 2.88 bits per heavy atom. The van der Waals surface area contributed by atoms with Gasteiger partial charge in [-0.05, 0) is 0 Å². The zero-order valence-electron chi connectivity index (χ0n) is 13.2. The van der Waals surface area contributed by atoms with Crippen molar-refractivity contribution in [1.29, 1.82) is 0 Å². The number of aliphatic hydroxyl groups is 3. The van der Waals surface area contributed by atoms with Gasteiger partial charge in [0.1, 0.15) is 29.5 Å². The molecule has 3 heterocycles. The Hall–Kier alpha value is -1.89. The van der Waals surface area contributed by atoms with Gasteiger partial charge in [0, 0.05) is 13.1 Å². The number of rotatable bonds is 6. The molecular formula is C14H20N6O4S. The summed E-state index contributed by atoms with van der Waals surface area (Å²) in [5.41, 5.74) is 6.31. The normalized spacial score (nSPS) is 26.7. The minimum Gasteiger partial charge on any atom is -0.394 e. The SMILES string of the molecule is NCC=CCNc1nc(=S)c2ncn([C@@H]3O[C@H](CO)C(O)[C@@H]3O)c2[nH]1. The van der Waals surface area contributed by atoms with Crippen LogP contribution in [0.1, 0.15) is 6.23 Å². The minimum atomic E-state index is -1.21. The zero-order chi connectivity index (χ0) is 18.0. The van der Waals surface area contributed by atoms with Crippen LogP contribution in [-0.4, -0.2) is 72.8 Å². The van der Waals surface area contributed by atoms with Crippen LogP contribution in [0, 0.1) is 4.64 Å². The number of anilines is 1. The number of aromatic nitrogens is 4. The Labute approximate surface area is 148 Å². The van der Waals surface area contributed by atoms with E-state index < -0.39 is 31.1 Å². The van der Waals surface area contributed by atoms with E-state index in [1.165, 1.54) is 10.9 Å². The van der Waals surface area contributed by atoms with Crippen molar-refractivity contribution in [2.75, 3.05) is 25.0 Å². The summed E-state index contributed by atoms with van der Waals surface area (Å²) in [6, 6.07) is 0. The fourth-order valence-electron chi connectivity index (χ4n) is 2.66. The molecule has 3 rings (SSSR count). The van der Waals surface area contributed by atoms with E-state index in [4.69, 9.17) is 22.7 Å². The zero-order valence-corrected chi connectivity index (χ0v) is 14.1. The highest BCUT2D eigenvalue weighted by atomic mass is 32.1. The highest BCUT2D eigenvalue weighted by molar-refractivity contribution is 7.71. The largest absolute Gasteiger partial charge is 0.394 e. The number of aromatic amines is 1. The molecule has 0 aliphatic carbocycles. The van der Waals surface area contributed by atoms with Crippen LogP contribution in [-0.2, 0) is 4.74 Å². The molecule has 1 fully saturated rings. The van der Waals surface area contributed by atoms with E-state index in [1.807, 2.05) is 12.2 Å². The lowest BCUT2D eigenvalue weighted by Crippen LogP contribution is -2.33. The third-order valence-electron chi connectivity index (χ3n) is 3.93. The molecule has 0 saturated carbocycles. The smallest absolute Gasteiger partial charge is 0.203 e. The molecule has 1 saturated heterocycles. The van der Waals surface area contributed by atoms with Crippen molar-refractivity contribution in [3.63, 3.8) is 0 Å². The third-order valence-corrected chi connectivity index (χ3v) is 4.21. The number of nitrogens with zero attached hydrogens (tertiary/aromatic N) is 3. The fourth-order valence-corrected chi connectivity index (χ4v) is 2.90. The maximum atomic E-state index is 10.2. The quantitative estimate of drug-likeness (QED) is 0.279. The summed E-state index contributed by atoms with van der Waals surface area (Å²) < 4.78 is 7.34. The summed E-state index contributed by atoms with van der Waals surface area (Å²) in [6.07, 6.45) is 0.911. The number of nitrogens with one attached hydrogen (secondary N) is 2. The maximum Gasteiger partial charge on any atom is 0.203 e. The molecule has 1 unspecified atom stereocenters. The second-order valence-corrected chi connectivity index (χ2v) is 5.94. The van der Waals surface area contributed by atoms with Crippen LogP contribution >= 0.6 is 12.2 Å². The molecule has 4 atom stereocenters. The van der Waals surface area contributed by atoms with Gasteiger partial charge in [-0.25, -0.2) is 9.97 Å². The van der Waals surface area contributed by atoms with Crippen LogP contribution in [0.15, 0.2) is 18.5 Å². The first-order chi connectivity index (χ1) is 12.1. The molecule has 0 spiro atoms. The van der Waals surface area contributed by atoms with Crippen LogP contribution < -0.4 is 11.1 Å². The number of fused-ring (bicyclic) bond motifs is 1. The average molecular weight is 368 g/mol. The number of nitrogens with two attached hydrogens (primary N) is 1. The minimum absolute atomic E-state index is 0.282. The van der Waals surface area contributed by atoms with E-state index in [9.17, 15) is 15.3 Å². The molecule has 0 amide bonds. The van der Waals surface area contributed by atoms with Gasteiger partial charge in [0.2, 0.25) is 5.95 Å². The second-order valence-electron chi connectivity index (χ2n) is 5.56. The molecule has 0 aromatic carbocycles. The lowest BCUT2D eigenvalue weighted by Gasteiger charge is -2.17. The molecule has 7 N–H and O–H groups in total. The standard InChI is InChI=1S/C14H20N6O4S/c15-3-1-2-4-16-14-18-11-8(12(25)19-14)17-6-20(11)13-10(23)9(22)7(5-21)24-13/h1-2,6-7,9-10,13,21-23H,3-5,15H2,(H2,16,18,19,25)/t7-,9?,10+,13-/m1/s1. The lowest BCUT2D eigenvalue weighted by molar-refractivity contribution is -0.0511. The van der Waals surface area contributed by atoms with Gasteiger partial charge in [0.15, 0.2) is 10.9 Å². The van der Waals surface area contributed by atoms with Crippen molar-refractivity contribution in [3.8, 4) is 0 Å². The number of aliphatic hydroxyl groups excluding tert-OH is 3. The number of hydrogen-bond acceptors (Lipinski definition) is 9. The molecule has 1 aliphatic heterocycles. The van der Waals surface area contributed by atoms with E-state index in [-0.39, 0.29) is 4.64 Å². The van der Waals surface area contributed by atoms with Crippen LogP contribution in [0.25, 0.3) is 11.2 Å². The number of imidazole rings is 1. The van der Waals surface area contributed by atoms with E-state index in [1.54, 1.807) is 0 Å².